The van der Waals surface area contributed by atoms with Crippen LogP contribution in [-0.2, 0) is 11.2 Å². The molecule has 2 rings (SSSR count). The van der Waals surface area contributed by atoms with Crippen LogP contribution in [0.15, 0.2) is 30.3 Å². The van der Waals surface area contributed by atoms with E-state index < -0.39 is 0 Å². The second-order valence-electron chi connectivity index (χ2n) is 4.25. The van der Waals surface area contributed by atoms with Crippen molar-refractivity contribution in [1.29, 1.82) is 0 Å². The van der Waals surface area contributed by atoms with Crippen LogP contribution in [0, 0.1) is 0 Å². The van der Waals surface area contributed by atoms with Crippen molar-refractivity contribution in [3.05, 3.63) is 35.9 Å². The van der Waals surface area contributed by atoms with Crippen molar-refractivity contribution >= 4 is 10.8 Å². The van der Waals surface area contributed by atoms with Crippen LogP contribution in [0.25, 0.3) is 10.8 Å². The molecule has 102 valence electrons. The molecule has 0 aromatic heterocycles. The Hall–Kier alpha value is -1.74. The lowest BCUT2D eigenvalue weighted by atomic mass is 10.0. The van der Waals surface area contributed by atoms with Gasteiger partial charge in [0.05, 0.1) is 6.61 Å². The first kappa shape index (κ1) is 13.7. The standard InChI is InChI=1S/C16H20O3/c1-4-12-7-6-8-13-9-10-14(18-5-2)16(15(12)13)19-11-17-3/h6-10H,4-5,11H2,1-3H3. The zero-order valence-corrected chi connectivity index (χ0v) is 11.7. The smallest absolute Gasteiger partial charge is 0.188 e. The summed E-state index contributed by atoms with van der Waals surface area (Å²) in [5, 5.41) is 2.28. The number of hydrogen-bond donors (Lipinski definition) is 0. The van der Waals surface area contributed by atoms with Gasteiger partial charge in [0.25, 0.3) is 0 Å². The molecule has 0 spiro atoms. The first-order valence-electron chi connectivity index (χ1n) is 6.60. The van der Waals surface area contributed by atoms with Crippen molar-refractivity contribution in [2.24, 2.45) is 0 Å². The van der Waals surface area contributed by atoms with Gasteiger partial charge in [-0.2, -0.15) is 0 Å². The minimum absolute atomic E-state index is 0.219. The zero-order chi connectivity index (χ0) is 13.7. The first-order chi connectivity index (χ1) is 9.31. The van der Waals surface area contributed by atoms with Gasteiger partial charge in [0.2, 0.25) is 0 Å². The average molecular weight is 260 g/mol. The molecule has 19 heavy (non-hydrogen) atoms. The lowest BCUT2D eigenvalue weighted by molar-refractivity contribution is 0.0499. The summed E-state index contributed by atoms with van der Waals surface area (Å²) in [7, 11) is 1.62. The van der Waals surface area contributed by atoms with Crippen LogP contribution in [-0.4, -0.2) is 20.5 Å². The van der Waals surface area contributed by atoms with E-state index in [1.807, 2.05) is 13.0 Å². The van der Waals surface area contributed by atoms with Crippen LogP contribution in [0.2, 0.25) is 0 Å². The van der Waals surface area contributed by atoms with E-state index in [0.29, 0.717) is 6.61 Å². The predicted molar refractivity (Wildman–Crippen MR) is 77.0 cm³/mol. The number of benzene rings is 2. The molecule has 0 aliphatic rings. The molecule has 0 fully saturated rings. The minimum Gasteiger partial charge on any atom is -0.490 e. The highest BCUT2D eigenvalue weighted by Crippen LogP contribution is 2.38. The van der Waals surface area contributed by atoms with Crippen LogP contribution in [0.4, 0.5) is 0 Å². The summed E-state index contributed by atoms with van der Waals surface area (Å²) in [5.41, 5.74) is 1.25. The number of hydrogen-bond acceptors (Lipinski definition) is 3. The summed E-state index contributed by atoms with van der Waals surface area (Å²) in [6, 6.07) is 10.3. The fraction of sp³-hybridized carbons (Fsp3) is 0.375. The monoisotopic (exact) mass is 260 g/mol. The summed E-state index contributed by atoms with van der Waals surface area (Å²) >= 11 is 0. The Bertz CT molecular complexity index is 549. The van der Waals surface area contributed by atoms with Crippen LogP contribution in [0.3, 0.4) is 0 Å². The molecule has 3 heteroatoms. The van der Waals surface area contributed by atoms with Gasteiger partial charge in [-0.3, -0.25) is 0 Å². The number of ether oxygens (including phenoxy) is 3. The van der Waals surface area contributed by atoms with Gasteiger partial charge in [-0.25, -0.2) is 0 Å². The van der Waals surface area contributed by atoms with Crippen LogP contribution < -0.4 is 9.47 Å². The van der Waals surface area contributed by atoms with E-state index in [-0.39, 0.29) is 6.79 Å². The van der Waals surface area contributed by atoms with Crippen LogP contribution >= 0.6 is 0 Å². The highest BCUT2D eigenvalue weighted by Gasteiger charge is 2.13. The third kappa shape index (κ3) is 2.82. The zero-order valence-electron chi connectivity index (χ0n) is 11.7. The van der Waals surface area contributed by atoms with Crippen molar-refractivity contribution in [3.8, 4) is 11.5 Å². The molecule has 3 nitrogen and oxygen atoms in total. The lowest BCUT2D eigenvalue weighted by Gasteiger charge is -2.16. The summed E-state index contributed by atoms with van der Waals surface area (Å²) in [6.07, 6.45) is 0.955. The largest absolute Gasteiger partial charge is 0.490 e. The Morgan fingerprint density at radius 1 is 1.00 bits per heavy atom. The van der Waals surface area contributed by atoms with Gasteiger partial charge in [-0.05, 0) is 30.4 Å². The van der Waals surface area contributed by atoms with Gasteiger partial charge in [0, 0.05) is 12.5 Å². The van der Waals surface area contributed by atoms with E-state index in [1.165, 1.54) is 5.56 Å². The number of methoxy groups -OCH3 is 1. The van der Waals surface area contributed by atoms with Gasteiger partial charge in [-0.15, -0.1) is 0 Å². The molecule has 0 atom stereocenters. The highest BCUT2D eigenvalue weighted by atomic mass is 16.7. The second kappa shape index (κ2) is 6.43. The lowest BCUT2D eigenvalue weighted by Crippen LogP contribution is -2.03. The Labute approximate surface area is 114 Å². The molecule has 0 aliphatic carbocycles. The topological polar surface area (TPSA) is 27.7 Å². The van der Waals surface area contributed by atoms with Crippen molar-refractivity contribution in [2.45, 2.75) is 20.3 Å². The molecule has 0 saturated heterocycles. The van der Waals surface area contributed by atoms with Gasteiger partial charge in [0.1, 0.15) is 0 Å². The van der Waals surface area contributed by atoms with E-state index in [4.69, 9.17) is 14.2 Å². The quantitative estimate of drug-likeness (QED) is 0.740. The molecule has 0 aliphatic heterocycles. The molecule has 0 saturated carbocycles. The van der Waals surface area contributed by atoms with Crippen molar-refractivity contribution in [3.63, 3.8) is 0 Å². The van der Waals surface area contributed by atoms with Crippen molar-refractivity contribution in [2.75, 3.05) is 20.5 Å². The van der Waals surface area contributed by atoms with E-state index in [9.17, 15) is 0 Å². The third-order valence-electron chi connectivity index (χ3n) is 3.05. The second-order valence-corrected chi connectivity index (χ2v) is 4.25. The molecule has 0 amide bonds. The Kier molecular flexibility index (Phi) is 4.63. The normalized spacial score (nSPS) is 10.7. The molecule has 0 bridgehead atoms. The molecular weight excluding hydrogens is 240 g/mol. The predicted octanol–water partition coefficient (Wildman–Crippen LogP) is 3.78. The number of fused-ring (bicyclic) bond motifs is 1. The summed E-state index contributed by atoms with van der Waals surface area (Å²) in [6.45, 7) is 4.94. The Morgan fingerprint density at radius 2 is 1.84 bits per heavy atom. The summed E-state index contributed by atoms with van der Waals surface area (Å²) in [5.74, 6) is 1.55. The van der Waals surface area contributed by atoms with Gasteiger partial charge < -0.3 is 14.2 Å². The van der Waals surface area contributed by atoms with E-state index >= 15 is 0 Å². The fourth-order valence-electron chi connectivity index (χ4n) is 2.23. The van der Waals surface area contributed by atoms with E-state index in [0.717, 1.165) is 28.7 Å². The Morgan fingerprint density at radius 3 is 2.53 bits per heavy atom. The van der Waals surface area contributed by atoms with Gasteiger partial charge in [0.15, 0.2) is 18.3 Å². The molecule has 2 aromatic rings. The molecule has 0 unspecified atom stereocenters. The maximum atomic E-state index is 5.75. The highest BCUT2D eigenvalue weighted by molar-refractivity contribution is 5.93. The number of aryl methyl sites for hydroxylation is 1. The Balaban J connectivity index is 2.62. The maximum absolute atomic E-state index is 5.75. The molecule has 0 N–H and O–H groups in total. The van der Waals surface area contributed by atoms with E-state index in [1.54, 1.807) is 7.11 Å². The van der Waals surface area contributed by atoms with Crippen molar-refractivity contribution < 1.29 is 14.2 Å². The van der Waals surface area contributed by atoms with E-state index in [2.05, 4.69) is 31.2 Å². The third-order valence-corrected chi connectivity index (χ3v) is 3.05. The van der Waals surface area contributed by atoms with Gasteiger partial charge in [-0.1, -0.05) is 31.2 Å². The average Bonchev–Trinajstić information content (AvgIpc) is 2.45. The van der Waals surface area contributed by atoms with Crippen molar-refractivity contribution in [1.82, 2.24) is 0 Å². The number of rotatable bonds is 6. The maximum Gasteiger partial charge on any atom is 0.188 e. The summed E-state index contributed by atoms with van der Waals surface area (Å²) < 4.78 is 16.4. The fourth-order valence-corrected chi connectivity index (χ4v) is 2.23. The first-order valence-corrected chi connectivity index (χ1v) is 6.60. The molecule has 0 radical (unpaired) electrons. The summed E-state index contributed by atoms with van der Waals surface area (Å²) in [4.78, 5) is 0. The minimum atomic E-state index is 0.219. The van der Waals surface area contributed by atoms with Crippen LogP contribution in [0.1, 0.15) is 19.4 Å². The van der Waals surface area contributed by atoms with Crippen LogP contribution in [0.5, 0.6) is 11.5 Å². The van der Waals surface area contributed by atoms with Gasteiger partial charge >= 0.3 is 0 Å². The molecule has 2 aromatic carbocycles. The SMILES string of the molecule is CCOc1ccc2cccc(CC)c2c1OCOC. The molecular formula is C16H20O3. The molecule has 0 heterocycles.